The van der Waals surface area contributed by atoms with Crippen molar-refractivity contribution in [1.29, 1.82) is 0 Å². The van der Waals surface area contributed by atoms with Gasteiger partial charge in [0.25, 0.3) is 0 Å². The summed E-state index contributed by atoms with van der Waals surface area (Å²) in [6, 6.07) is 17.7. The average molecular weight is 504 g/mol. The number of fused-ring (bicyclic) bond motifs is 1. The summed E-state index contributed by atoms with van der Waals surface area (Å²) in [5.41, 5.74) is 7.53. The molecule has 0 saturated heterocycles. The van der Waals surface area contributed by atoms with Gasteiger partial charge in [-0.05, 0) is 65.6 Å². The Hall–Kier alpha value is -4.05. The molecule has 5 rings (SSSR count). The van der Waals surface area contributed by atoms with Crippen LogP contribution in [0, 0.1) is 13.8 Å². The van der Waals surface area contributed by atoms with Crippen LogP contribution in [0.1, 0.15) is 16.9 Å². The van der Waals surface area contributed by atoms with Gasteiger partial charge in [-0.2, -0.15) is 10.1 Å². The number of hydrogen-bond donors (Lipinski definition) is 2. The van der Waals surface area contributed by atoms with Gasteiger partial charge < -0.3 is 9.73 Å². The topological polar surface area (TPSA) is 114 Å². The molecule has 3 heterocycles. The van der Waals surface area contributed by atoms with Crippen LogP contribution in [0.3, 0.4) is 0 Å². The van der Waals surface area contributed by atoms with Crippen molar-refractivity contribution in [3.63, 3.8) is 0 Å². The van der Waals surface area contributed by atoms with Gasteiger partial charge in [0.15, 0.2) is 11.6 Å². The molecule has 2 N–H and O–H groups in total. The molecule has 3 aromatic heterocycles. The Balaban J connectivity index is 1.39. The van der Waals surface area contributed by atoms with Crippen molar-refractivity contribution < 1.29 is 9.05 Å². The van der Waals surface area contributed by atoms with Crippen LogP contribution in [0.4, 0.5) is 17.3 Å². The lowest BCUT2D eigenvalue weighted by molar-refractivity contribution is 0.314. The molecule has 0 saturated carbocycles. The lowest BCUT2D eigenvalue weighted by Gasteiger charge is -2.12. The fraction of sp³-hybridized carbons (Fsp3) is 0.0870. The van der Waals surface area contributed by atoms with Crippen molar-refractivity contribution in [3.05, 3.63) is 76.0 Å². The van der Waals surface area contributed by atoms with E-state index in [1.54, 1.807) is 6.21 Å². The van der Waals surface area contributed by atoms with Gasteiger partial charge in [-0.3, -0.25) is 5.43 Å². The van der Waals surface area contributed by atoms with Gasteiger partial charge in [0.2, 0.25) is 11.3 Å². The molecule has 0 radical (unpaired) electrons. The van der Waals surface area contributed by atoms with Crippen molar-refractivity contribution in [2.75, 3.05) is 10.7 Å². The number of hydrogen-bond acceptors (Lipinski definition) is 9. The summed E-state index contributed by atoms with van der Waals surface area (Å²) < 4.78 is 11.6. The molecular formula is C23H18BrN7O2. The summed E-state index contributed by atoms with van der Waals surface area (Å²) in [7, 11) is 0. The van der Waals surface area contributed by atoms with E-state index in [1.807, 2.05) is 68.4 Å². The highest BCUT2D eigenvalue weighted by Crippen LogP contribution is 2.27. The summed E-state index contributed by atoms with van der Waals surface area (Å²) in [6.45, 7) is 4.03. The van der Waals surface area contributed by atoms with E-state index in [-0.39, 0.29) is 5.65 Å². The summed E-state index contributed by atoms with van der Waals surface area (Å²) in [5.74, 6) is 2.15. The third kappa shape index (κ3) is 4.60. The molecule has 0 bridgehead atoms. The standard InChI is InChI=1S/C23H18BrN7O2/c1-13-3-4-14(2)18(11-13)26-20-21(28-23-22(27-20)30-33-31-23)29-25-12-17-9-10-19(32-17)15-5-7-16(24)8-6-15/h3-12H,1-2H3,(H,26,27,30)(H,28,29,31). The number of halogens is 1. The van der Waals surface area contributed by atoms with Crippen molar-refractivity contribution >= 4 is 50.8 Å². The maximum Gasteiger partial charge on any atom is 0.245 e. The molecule has 5 aromatic rings. The highest BCUT2D eigenvalue weighted by atomic mass is 79.9. The van der Waals surface area contributed by atoms with Crippen LogP contribution in [0.15, 0.2) is 73.2 Å². The maximum atomic E-state index is 5.87. The largest absolute Gasteiger partial charge is 0.455 e. The van der Waals surface area contributed by atoms with Crippen molar-refractivity contribution in [2.24, 2.45) is 5.10 Å². The molecule has 164 valence electrons. The number of aryl methyl sites for hydroxylation is 2. The molecule has 0 aliphatic heterocycles. The second-order valence-corrected chi connectivity index (χ2v) is 8.27. The van der Waals surface area contributed by atoms with Crippen LogP contribution >= 0.6 is 15.9 Å². The Morgan fingerprint density at radius 1 is 0.909 bits per heavy atom. The van der Waals surface area contributed by atoms with Crippen LogP contribution in [0.5, 0.6) is 0 Å². The first-order valence-corrected chi connectivity index (χ1v) is 10.8. The molecule has 0 atom stereocenters. The third-order valence-electron chi connectivity index (χ3n) is 4.88. The number of hydrazone groups is 1. The summed E-state index contributed by atoms with van der Waals surface area (Å²) in [6.07, 6.45) is 1.57. The molecule has 0 fully saturated rings. The molecule has 0 amide bonds. The maximum absolute atomic E-state index is 5.87. The second-order valence-electron chi connectivity index (χ2n) is 7.35. The lowest BCUT2D eigenvalue weighted by atomic mass is 10.1. The van der Waals surface area contributed by atoms with Crippen LogP contribution in [0.2, 0.25) is 0 Å². The number of anilines is 3. The van der Waals surface area contributed by atoms with Gasteiger partial charge in [0.1, 0.15) is 11.5 Å². The van der Waals surface area contributed by atoms with E-state index in [1.165, 1.54) is 0 Å². The quantitative estimate of drug-likeness (QED) is 0.219. The minimum absolute atomic E-state index is 0.273. The molecule has 0 aliphatic carbocycles. The third-order valence-corrected chi connectivity index (χ3v) is 5.41. The molecule has 33 heavy (non-hydrogen) atoms. The molecule has 10 heteroatoms. The van der Waals surface area contributed by atoms with E-state index in [0.29, 0.717) is 23.0 Å². The van der Waals surface area contributed by atoms with E-state index >= 15 is 0 Å². The minimum Gasteiger partial charge on any atom is -0.455 e. The zero-order valence-electron chi connectivity index (χ0n) is 17.7. The van der Waals surface area contributed by atoms with Gasteiger partial charge in [-0.15, -0.1) is 0 Å². The van der Waals surface area contributed by atoms with Gasteiger partial charge in [-0.25, -0.2) is 9.61 Å². The molecule has 0 aliphatic rings. The first-order chi connectivity index (χ1) is 16.0. The van der Waals surface area contributed by atoms with Gasteiger partial charge >= 0.3 is 0 Å². The van der Waals surface area contributed by atoms with Crippen molar-refractivity contribution in [1.82, 2.24) is 20.3 Å². The fourth-order valence-electron chi connectivity index (χ4n) is 3.15. The summed E-state index contributed by atoms with van der Waals surface area (Å²) >= 11 is 3.44. The molecule has 0 spiro atoms. The predicted molar refractivity (Wildman–Crippen MR) is 130 cm³/mol. The van der Waals surface area contributed by atoms with Crippen LogP contribution < -0.4 is 10.7 Å². The van der Waals surface area contributed by atoms with Crippen LogP contribution in [-0.2, 0) is 0 Å². The van der Waals surface area contributed by atoms with E-state index in [2.05, 4.69) is 52.1 Å². The molecule has 2 aromatic carbocycles. The fourth-order valence-corrected chi connectivity index (χ4v) is 3.41. The zero-order chi connectivity index (χ0) is 22.8. The zero-order valence-corrected chi connectivity index (χ0v) is 19.3. The first-order valence-electron chi connectivity index (χ1n) is 10.0. The molecular weight excluding hydrogens is 486 g/mol. The predicted octanol–water partition coefficient (Wildman–Crippen LogP) is 5.84. The average Bonchev–Trinajstić information content (AvgIpc) is 3.46. The van der Waals surface area contributed by atoms with E-state index in [4.69, 9.17) is 9.05 Å². The van der Waals surface area contributed by atoms with Crippen molar-refractivity contribution in [2.45, 2.75) is 13.8 Å². The van der Waals surface area contributed by atoms with E-state index in [0.717, 1.165) is 32.6 Å². The minimum atomic E-state index is 0.273. The van der Waals surface area contributed by atoms with Gasteiger partial charge in [0.05, 0.1) is 6.21 Å². The molecule has 0 unspecified atom stereocenters. The number of nitrogens with one attached hydrogen (secondary N) is 2. The highest BCUT2D eigenvalue weighted by molar-refractivity contribution is 9.10. The van der Waals surface area contributed by atoms with Gasteiger partial charge in [-0.1, -0.05) is 40.2 Å². The number of aromatic nitrogens is 4. The number of benzene rings is 2. The summed E-state index contributed by atoms with van der Waals surface area (Å²) in [5, 5.41) is 15.1. The Labute approximate surface area is 197 Å². The van der Waals surface area contributed by atoms with Gasteiger partial charge in [0, 0.05) is 15.7 Å². The number of nitrogens with zero attached hydrogens (tertiary/aromatic N) is 5. The highest BCUT2D eigenvalue weighted by Gasteiger charge is 2.14. The van der Waals surface area contributed by atoms with E-state index in [9.17, 15) is 0 Å². The Morgan fingerprint density at radius 3 is 2.45 bits per heavy atom. The Bertz CT molecular complexity index is 1460. The second kappa shape index (κ2) is 8.83. The molecule has 9 nitrogen and oxygen atoms in total. The summed E-state index contributed by atoms with van der Waals surface area (Å²) in [4.78, 5) is 8.90. The van der Waals surface area contributed by atoms with Crippen molar-refractivity contribution in [3.8, 4) is 11.3 Å². The SMILES string of the molecule is Cc1ccc(C)c(Nc2nc3nonc3nc2NN=Cc2ccc(-c3ccc(Br)cc3)o2)c1. The number of rotatable bonds is 6. The Morgan fingerprint density at radius 2 is 1.67 bits per heavy atom. The smallest absolute Gasteiger partial charge is 0.245 e. The Kier molecular flexibility index (Phi) is 5.57. The van der Waals surface area contributed by atoms with Crippen LogP contribution in [0.25, 0.3) is 22.6 Å². The van der Waals surface area contributed by atoms with Crippen LogP contribution in [-0.4, -0.2) is 26.5 Å². The normalized spacial score (nSPS) is 11.4. The monoisotopic (exact) mass is 503 g/mol. The number of furan rings is 1. The van der Waals surface area contributed by atoms with E-state index < -0.39 is 0 Å². The first kappa shape index (κ1) is 20.8. The lowest BCUT2D eigenvalue weighted by Crippen LogP contribution is -2.04.